The average molecular weight is 1070 g/mol. The molecule has 12 bridgehead atoms. The number of nitrogens with one attached hydrogen (secondary N) is 2. The molecule has 5 aliphatic carbocycles. The molecule has 14 nitrogen and oxygen atoms in total. The molecular formula is C64H76N2O12. The summed E-state index contributed by atoms with van der Waals surface area (Å²) in [7, 11) is 3.16. The van der Waals surface area contributed by atoms with Gasteiger partial charge in [0.25, 0.3) is 0 Å². The molecule has 3 aromatic carbocycles. The fraction of sp³-hybridized carbons (Fsp3) is 0.547. The number of ketones is 1. The van der Waals surface area contributed by atoms with Crippen molar-refractivity contribution in [1.82, 2.24) is 5.32 Å². The number of methoxy groups -OCH3 is 1. The van der Waals surface area contributed by atoms with Crippen LogP contribution in [0.4, 0.5) is 5.69 Å². The number of aromatic hydroxyl groups is 1. The number of aliphatic hydroxyl groups is 5. The summed E-state index contributed by atoms with van der Waals surface area (Å²) >= 11 is 0. The highest BCUT2D eigenvalue weighted by Gasteiger charge is 2.67. The number of hydrogen-bond acceptors (Lipinski definition) is 14. The Morgan fingerprint density at radius 3 is 2.46 bits per heavy atom. The van der Waals surface area contributed by atoms with Gasteiger partial charge in [0.05, 0.1) is 31.2 Å². The van der Waals surface area contributed by atoms with Gasteiger partial charge in [-0.2, -0.15) is 0 Å². The molecular weight excluding hydrogens is 989 g/mol. The van der Waals surface area contributed by atoms with Crippen LogP contribution in [0.2, 0.25) is 0 Å². The first-order valence-corrected chi connectivity index (χ1v) is 28.5. The van der Waals surface area contributed by atoms with E-state index in [4.69, 9.17) is 14.2 Å². The van der Waals surface area contributed by atoms with E-state index >= 15 is 4.79 Å². The van der Waals surface area contributed by atoms with Crippen LogP contribution in [0.25, 0.3) is 0 Å². The molecule has 15 atom stereocenters. The molecule has 3 saturated carbocycles. The van der Waals surface area contributed by atoms with Crippen LogP contribution in [-0.2, 0) is 43.1 Å². The largest absolute Gasteiger partial charge is 0.507 e. The maximum Gasteiger partial charge on any atom is 0.334 e. The minimum atomic E-state index is -1.72. The summed E-state index contributed by atoms with van der Waals surface area (Å²) < 4.78 is 18.4. The Balaban J connectivity index is 1.14. The number of aliphatic hydroxyl groups excluding tert-OH is 3. The van der Waals surface area contributed by atoms with Crippen molar-refractivity contribution in [2.24, 2.45) is 41.4 Å². The summed E-state index contributed by atoms with van der Waals surface area (Å²) in [6.45, 7) is 1.45. The van der Waals surface area contributed by atoms with Crippen LogP contribution in [0.15, 0.2) is 84.5 Å². The van der Waals surface area contributed by atoms with Gasteiger partial charge in [0.2, 0.25) is 0 Å². The van der Waals surface area contributed by atoms with Crippen molar-refractivity contribution in [2.75, 3.05) is 39.2 Å². The van der Waals surface area contributed by atoms with E-state index in [0.29, 0.717) is 58.5 Å². The molecule has 3 fully saturated rings. The van der Waals surface area contributed by atoms with E-state index in [2.05, 4.69) is 46.8 Å². The number of carbonyl (C=O) groups excluding carboxylic acids is 3. The van der Waals surface area contributed by atoms with Gasteiger partial charge in [-0.05, 0) is 140 Å². The number of hydrogen-bond donors (Lipinski definition) is 8. The van der Waals surface area contributed by atoms with Crippen molar-refractivity contribution in [3.63, 3.8) is 0 Å². The highest BCUT2D eigenvalue weighted by molar-refractivity contribution is 5.89. The number of Topliss-reactive ketones (excluding diaryl/α,β-unsaturated/α-hetero) is 1. The van der Waals surface area contributed by atoms with Gasteiger partial charge in [-0.1, -0.05) is 85.7 Å². The van der Waals surface area contributed by atoms with E-state index in [1.54, 1.807) is 13.1 Å². The fourth-order valence-electron chi connectivity index (χ4n) is 15.2. The number of ether oxygens (including phenoxy) is 3. The zero-order valence-corrected chi connectivity index (χ0v) is 45.0. The number of anilines is 1. The third-order valence-electron chi connectivity index (χ3n) is 19.1. The second-order valence-corrected chi connectivity index (χ2v) is 24.1. The second-order valence-electron chi connectivity index (χ2n) is 24.1. The third-order valence-corrected chi connectivity index (χ3v) is 19.1. The number of phenols is 1. The number of likely N-dealkylation sites (N-methyl/N-ethyl adjacent to an activating group) is 1. The third kappa shape index (κ3) is 10.3. The number of carbonyl (C=O) groups is 3. The van der Waals surface area contributed by atoms with Crippen LogP contribution in [0.3, 0.4) is 0 Å². The summed E-state index contributed by atoms with van der Waals surface area (Å²) in [5.41, 5.74) is 1.64. The Hall–Kier alpha value is -5.63. The summed E-state index contributed by atoms with van der Waals surface area (Å²) in [6, 6.07) is 15.2. The van der Waals surface area contributed by atoms with Crippen molar-refractivity contribution in [3.05, 3.63) is 123 Å². The van der Waals surface area contributed by atoms with E-state index < -0.39 is 77.1 Å². The monoisotopic (exact) mass is 1060 g/mol. The molecule has 0 saturated heterocycles. The van der Waals surface area contributed by atoms with Crippen LogP contribution in [0.1, 0.15) is 134 Å². The maximum atomic E-state index is 15.9. The van der Waals surface area contributed by atoms with Gasteiger partial charge in [0.15, 0.2) is 0 Å². The van der Waals surface area contributed by atoms with E-state index in [0.717, 1.165) is 43.2 Å². The van der Waals surface area contributed by atoms with Gasteiger partial charge < -0.3 is 55.5 Å². The zero-order chi connectivity index (χ0) is 54.6. The maximum absolute atomic E-state index is 15.9. The molecule has 414 valence electrons. The van der Waals surface area contributed by atoms with Crippen molar-refractivity contribution in [1.29, 1.82) is 0 Å². The topological polar surface area (TPSA) is 224 Å². The van der Waals surface area contributed by atoms with Crippen LogP contribution in [0, 0.1) is 53.3 Å². The van der Waals surface area contributed by atoms with Gasteiger partial charge in [-0.15, -0.1) is 0 Å². The molecule has 0 amide bonds. The quantitative estimate of drug-likeness (QED) is 0.0422. The second kappa shape index (κ2) is 22.1. The summed E-state index contributed by atoms with van der Waals surface area (Å²) in [5, 5.41) is 79.7. The Labute approximate surface area is 457 Å². The van der Waals surface area contributed by atoms with Crippen molar-refractivity contribution in [3.8, 4) is 23.3 Å². The van der Waals surface area contributed by atoms with Crippen molar-refractivity contribution in [2.45, 2.75) is 144 Å². The number of esters is 2. The number of fused-ring (bicyclic) bond motifs is 10. The first-order valence-electron chi connectivity index (χ1n) is 28.5. The predicted molar refractivity (Wildman–Crippen MR) is 292 cm³/mol. The molecule has 78 heavy (non-hydrogen) atoms. The average Bonchev–Trinajstić information content (AvgIpc) is 3.42. The van der Waals surface area contributed by atoms with Gasteiger partial charge in [0, 0.05) is 79.6 Å². The minimum absolute atomic E-state index is 0.0490. The molecule has 3 aliphatic heterocycles. The van der Waals surface area contributed by atoms with E-state index in [-0.39, 0.29) is 98.5 Å². The van der Waals surface area contributed by atoms with Crippen LogP contribution >= 0.6 is 0 Å². The molecule has 14 heteroatoms. The lowest BCUT2D eigenvalue weighted by Gasteiger charge is -2.64. The highest BCUT2D eigenvalue weighted by Crippen LogP contribution is 2.64. The standard InChI is InChI=1S/C64H76N2O12/c1-63(74,54(70)33-76-3)34-66-45-25-41(24-42(26-45)53(69)32-65-2)38-16-17-39-31-56(71)78-61-49(39)28-43(60(72)57(61)37-12-5-4-6-13-37)30-55-64(75)51-15-8-7-14-47(51)48-19-18-40-29-52(68)50(58(48)59(40)64)22-36-11-9-10-35(20-36)21-46(67)27-44(23-38)62(73)77-55/h7,9-11,14,18-20,24-28,37-40,46-48,50-51,53-55,58-59,65-67,69-70,72,74-75H,4-6,8,12-13,15,21-23,29-34H2,1-3H3. The lowest BCUT2D eigenvalue weighted by Crippen LogP contribution is -2.70. The van der Waals surface area contributed by atoms with E-state index in [1.165, 1.54) is 20.1 Å². The number of rotatable bonds is 11. The fourth-order valence-corrected chi connectivity index (χ4v) is 15.2. The van der Waals surface area contributed by atoms with E-state index in [1.807, 2.05) is 42.5 Å². The molecule has 3 aromatic rings. The van der Waals surface area contributed by atoms with Crippen LogP contribution in [-0.4, -0.2) is 112 Å². The lowest BCUT2D eigenvalue weighted by molar-refractivity contribution is -0.239. The van der Waals surface area contributed by atoms with E-state index in [9.17, 15) is 40.2 Å². The smallest absolute Gasteiger partial charge is 0.334 e. The molecule has 8 aliphatic rings. The Morgan fingerprint density at radius 2 is 1.68 bits per heavy atom. The van der Waals surface area contributed by atoms with Gasteiger partial charge >= 0.3 is 11.9 Å². The molecule has 8 N–H and O–H groups in total. The Bertz CT molecular complexity index is 2960. The predicted octanol–water partition coefficient (Wildman–Crippen LogP) is 6.94. The van der Waals surface area contributed by atoms with Crippen molar-refractivity contribution < 1.29 is 59.2 Å². The first-order chi connectivity index (χ1) is 37.5. The molecule has 0 aromatic heterocycles. The highest BCUT2D eigenvalue weighted by atomic mass is 16.6. The normalized spacial score (nSPS) is 32.9. The number of benzene rings is 3. The Kier molecular flexibility index (Phi) is 15.4. The number of allylic oxidation sites excluding steroid dienone is 4. The lowest BCUT2D eigenvalue weighted by atomic mass is 9.42. The number of phenolic OH excluding ortho intramolecular Hbond substituents is 1. The first kappa shape index (κ1) is 54.3. The Morgan fingerprint density at radius 1 is 0.897 bits per heavy atom. The van der Waals surface area contributed by atoms with Crippen LogP contribution < -0.4 is 15.4 Å². The van der Waals surface area contributed by atoms with Gasteiger partial charge in [-0.25, -0.2) is 4.79 Å². The zero-order valence-electron chi connectivity index (χ0n) is 45.0. The summed E-state index contributed by atoms with van der Waals surface area (Å²) in [4.78, 5) is 44.5. The molecule has 0 spiro atoms. The molecule has 11 rings (SSSR count). The summed E-state index contributed by atoms with van der Waals surface area (Å²) in [5.74, 6) is 2.16. The van der Waals surface area contributed by atoms with Gasteiger partial charge in [-0.3, -0.25) is 9.59 Å². The minimum Gasteiger partial charge on any atom is -0.507 e. The SMILES string of the molecule is CNCC(O)c1cc(NCC(C)(O)C(O)COC)cc(C2C#CC3CC(=O)Oc4c3cc(c(O)c4C3CCCCC3)CC3OC(=O)C(=CC(O)Cc4cccc(c4)CC4C(=O)CC5C=CC6C7C=CCCC7C3(O)C5C46)C2)c1. The van der Waals surface area contributed by atoms with Crippen molar-refractivity contribution >= 4 is 23.4 Å². The summed E-state index contributed by atoms with van der Waals surface area (Å²) in [6.07, 6.45) is 11.8. The van der Waals surface area contributed by atoms with Crippen LogP contribution in [0.5, 0.6) is 11.5 Å². The molecule has 15 unspecified atom stereocenters. The van der Waals surface area contributed by atoms with Gasteiger partial charge in [0.1, 0.15) is 40.7 Å². The molecule has 0 radical (unpaired) electrons. The molecule has 3 heterocycles.